The number of methoxy groups -OCH3 is 1. The Balaban J connectivity index is 2.15. The molecule has 0 aliphatic heterocycles. The summed E-state index contributed by atoms with van der Waals surface area (Å²) in [6.45, 7) is 0. The Morgan fingerprint density at radius 1 is 1.33 bits per heavy atom. The van der Waals surface area contributed by atoms with E-state index in [1.54, 1.807) is 18.4 Å². The molecule has 1 heterocycles. The van der Waals surface area contributed by atoms with Crippen LogP contribution >= 0.6 is 43.2 Å². The first-order valence-corrected chi connectivity index (χ1v) is 7.83. The molecule has 0 spiro atoms. The number of hydrogen-bond donors (Lipinski definition) is 1. The first-order chi connectivity index (χ1) is 8.60. The second-order valence-electron chi connectivity index (χ2n) is 3.94. The van der Waals surface area contributed by atoms with Gasteiger partial charge in [-0.25, -0.2) is 0 Å². The first-order valence-electron chi connectivity index (χ1n) is 5.43. The van der Waals surface area contributed by atoms with Crippen molar-refractivity contribution >= 4 is 43.2 Å². The molecule has 1 aromatic carbocycles. The third kappa shape index (κ3) is 3.35. The third-order valence-corrected chi connectivity index (χ3v) is 5.06. The standard InChI is InChI=1S/C13H13Br2NOS/c1-17-9-4-2-3-8(5-9)6-11(16)10-7-12(14)18-13(10)15/h2-5,7,11H,6,16H2,1H3. The highest BCUT2D eigenvalue weighted by molar-refractivity contribution is 9.12. The molecule has 0 aliphatic rings. The maximum atomic E-state index is 6.25. The van der Waals surface area contributed by atoms with Crippen LogP contribution in [0.4, 0.5) is 0 Å². The molecule has 2 aromatic rings. The molecule has 96 valence electrons. The molecule has 0 saturated heterocycles. The quantitative estimate of drug-likeness (QED) is 0.832. The highest BCUT2D eigenvalue weighted by Gasteiger charge is 2.14. The van der Waals surface area contributed by atoms with E-state index in [0.717, 1.165) is 25.3 Å². The molecular formula is C13H13Br2NOS. The van der Waals surface area contributed by atoms with Gasteiger partial charge in [0, 0.05) is 6.04 Å². The van der Waals surface area contributed by atoms with Crippen LogP contribution in [0.3, 0.4) is 0 Å². The zero-order valence-electron chi connectivity index (χ0n) is 9.82. The van der Waals surface area contributed by atoms with E-state index in [0.29, 0.717) is 0 Å². The van der Waals surface area contributed by atoms with E-state index in [1.165, 1.54) is 5.56 Å². The Hall–Kier alpha value is -0.360. The van der Waals surface area contributed by atoms with Gasteiger partial charge >= 0.3 is 0 Å². The summed E-state index contributed by atoms with van der Waals surface area (Å²) in [4.78, 5) is 0. The highest BCUT2D eigenvalue weighted by Crippen LogP contribution is 2.35. The average Bonchev–Trinajstić information content (AvgIpc) is 2.69. The van der Waals surface area contributed by atoms with Gasteiger partial charge in [0.2, 0.25) is 0 Å². The smallest absolute Gasteiger partial charge is 0.119 e. The topological polar surface area (TPSA) is 35.2 Å². The molecule has 0 fully saturated rings. The Bertz CT molecular complexity index is 542. The number of nitrogens with two attached hydrogens (primary N) is 1. The first kappa shape index (κ1) is 14.1. The second-order valence-corrected chi connectivity index (χ2v) is 7.69. The number of benzene rings is 1. The van der Waals surface area contributed by atoms with E-state index in [1.807, 2.05) is 18.2 Å². The second kappa shape index (κ2) is 6.19. The molecule has 0 radical (unpaired) electrons. The van der Waals surface area contributed by atoms with E-state index < -0.39 is 0 Å². The fourth-order valence-corrected chi connectivity index (χ4v) is 4.77. The van der Waals surface area contributed by atoms with Gasteiger partial charge in [0.05, 0.1) is 14.7 Å². The van der Waals surface area contributed by atoms with Gasteiger partial charge in [-0.05, 0) is 67.6 Å². The lowest BCUT2D eigenvalue weighted by Crippen LogP contribution is -2.12. The molecule has 2 rings (SSSR count). The van der Waals surface area contributed by atoms with Gasteiger partial charge in [0.1, 0.15) is 5.75 Å². The lowest BCUT2D eigenvalue weighted by atomic mass is 10.0. The lowest BCUT2D eigenvalue weighted by molar-refractivity contribution is 0.414. The molecular weight excluding hydrogens is 378 g/mol. The largest absolute Gasteiger partial charge is 0.497 e. The van der Waals surface area contributed by atoms with Crippen LogP contribution in [0.15, 0.2) is 37.9 Å². The predicted octanol–water partition coefficient (Wildman–Crippen LogP) is 4.52. The van der Waals surface area contributed by atoms with Crippen molar-refractivity contribution in [2.45, 2.75) is 12.5 Å². The summed E-state index contributed by atoms with van der Waals surface area (Å²) in [6, 6.07) is 10.1. The van der Waals surface area contributed by atoms with Crippen molar-refractivity contribution in [2.24, 2.45) is 5.73 Å². The Morgan fingerprint density at radius 3 is 2.72 bits per heavy atom. The minimum atomic E-state index is -0.0194. The molecule has 0 aliphatic carbocycles. The van der Waals surface area contributed by atoms with Crippen molar-refractivity contribution < 1.29 is 4.74 Å². The van der Waals surface area contributed by atoms with Gasteiger partial charge in [-0.2, -0.15) is 0 Å². The van der Waals surface area contributed by atoms with Crippen LogP contribution in [0.25, 0.3) is 0 Å². The molecule has 0 bridgehead atoms. The molecule has 1 unspecified atom stereocenters. The van der Waals surface area contributed by atoms with E-state index >= 15 is 0 Å². The summed E-state index contributed by atoms with van der Waals surface area (Å²) in [7, 11) is 1.67. The molecule has 0 amide bonds. The number of halogens is 2. The van der Waals surface area contributed by atoms with Gasteiger partial charge in [-0.3, -0.25) is 0 Å². The van der Waals surface area contributed by atoms with E-state index in [4.69, 9.17) is 10.5 Å². The van der Waals surface area contributed by atoms with Gasteiger partial charge in [0.15, 0.2) is 0 Å². The van der Waals surface area contributed by atoms with Crippen LogP contribution in [-0.4, -0.2) is 7.11 Å². The lowest BCUT2D eigenvalue weighted by Gasteiger charge is -2.11. The SMILES string of the molecule is COc1cccc(CC(N)c2cc(Br)sc2Br)c1. The van der Waals surface area contributed by atoms with Crippen molar-refractivity contribution in [3.8, 4) is 5.75 Å². The maximum absolute atomic E-state index is 6.25. The van der Waals surface area contributed by atoms with Crippen molar-refractivity contribution in [2.75, 3.05) is 7.11 Å². The van der Waals surface area contributed by atoms with Crippen LogP contribution in [0.5, 0.6) is 5.75 Å². The molecule has 2 nitrogen and oxygen atoms in total. The molecule has 5 heteroatoms. The average molecular weight is 391 g/mol. The van der Waals surface area contributed by atoms with Crippen LogP contribution in [0.2, 0.25) is 0 Å². The van der Waals surface area contributed by atoms with Crippen molar-refractivity contribution in [3.63, 3.8) is 0 Å². The molecule has 0 saturated carbocycles. The Morgan fingerprint density at radius 2 is 2.11 bits per heavy atom. The van der Waals surface area contributed by atoms with Gasteiger partial charge in [-0.1, -0.05) is 12.1 Å². The number of thiophene rings is 1. The fraction of sp³-hybridized carbons (Fsp3) is 0.231. The van der Waals surface area contributed by atoms with E-state index in [9.17, 15) is 0 Å². The monoisotopic (exact) mass is 389 g/mol. The van der Waals surface area contributed by atoms with Gasteiger partial charge < -0.3 is 10.5 Å². The highest BCUT2D eigenvalue weighted by atomic mass is 79.9. The van der Waals surface area contributed by atoms with Crippen molar-refractivity contribution in [1.29, 1.82) is 0 Å². The Kier molecular flexibility index (Phi) is 4.84. The summed E-state index contributed by atoms with van der Waals surface area (Å²) in [5, 5.41) is 0. The van der Waals surface area contributed by atoms with Gasteiger partial charge in [-0.15, -0.1) is 11.3 Å². The number of hydrogen-bond acceptors (Lipinski definition) is 3. The number of ether oxygens (including phenoxy) is 1. The minimum Gasteiger partial charge on any atom is -0.497 e. The summed E-state index contributed by atoms with van der Waals surface area (Å²) in [6.07, 6.45) is 0.791. The van der Waals surface area contributed by atoms with E-state index in [-0.39, 0.29) is 6.04 Å². The summed E-state index contributed by atoms with van der Waals surface area (Å²) in [5.74, 6) is 0.866. The summed E-state index contributed by atoms with van der Waals surface area (Å²) < 4.78 is 7.39. The maximum Gasteiger partial charge on any atom is 0.119 e. The third-order valence-electron chi connectivity index (χ3n) is 2.67. The zero-order chi connectivity index (χ0) is 13.1. The van der Waals surface area contributed by atoms with E-state index in [2.05, 4.69) is 44.0 Å². The van der Waals surface area contributed by atoms with Crippen molar-refractivity contribution in [1.82, 2.24) is 0 Å². The van der Waals surface area contributed by atoms with Crippen LogP contribution in [0, 0.1) is 0 Å². The summed E-state index contributed by atoms with van der Waals surface area (Å²) in [5.41, 5.74) is 8.56. The Labute approximate surface area is 127 Å². The molecule has 1 atom stereocenters. The van der Waals surface area contributed by atoms with Crippen LogP contribution in [0.1, 0.15) is 17.2 Å². The minimum absolute atomic E-state index is 0.0194. The fourth-order valence-electron chi connectivity index (χ4n) is 1.77. The zero-order valence-corrected chi connectivity index (χ0v) is 13.8. The van der Waals surface area contributed by atoms with Crippen LogP contribution in [-0.2, 0) is 6.42 Å². The normalized spacial score (nSPS) is 12.4. The van der Waals surface area contributed by atoms with Gasteiger partial charge in [0.25, 0.3) is 0 Å². The molecule has 18 heavy (non-hydrogen) atoms. The number of rotatable bonds is 4. The molecule has 2 N–H and O–H groups in total. The predicted molar refractivity (Wildman–Crippen MR) is 83.3 cm³/mol. The van der Waals surface area contributed by atoms with Crippen molar-refractivity contribution in [3.05, 3.63) is 49.0 Å². The molecule has 1 aromatic heterocycles. The summed E-state index contributed by atoms with van der Waals surface area (Å²) >= 11 is 8.66. The van der Waals surface area contributed by atoms with Crippen LogP contribution < -0.4 is 10.5 Å².